The highest BCUT2D eigenvalue weighted by Gasteiger charge is 1.73. The van der Waals surface area contributed by atoms with E-state index in [2.05, 4.69) is 16.4 Å². The third-order valence-corrected chi connectivity index (χ3v) is 0.394. The monoisotopic (exact) mass is 83.0 g/mol. The molecule has 1 aromatic rings. The van der Waals surface area contributed by atoms with Crippen LogP contribution >= 0.6 is 0 Å². The molecule has 6 heavy (non-hydrogen) atoms. The van der Waals surface area contributed by atoms with Crippen molar-refractivity contribution in [3.05, 3.63) is 12.7 Å². The summed E-state index contributed by atoms with van der Waals surface area (Å²) in [6.45, 7) is 0. The third-order valence-electron chi connectivity index (χ3n) is 0.394. The third kappa shape index (κ3) is 0.314. The van der Waals surface area contributed by atoms with Crippen LogP contribution in [0.3, 0.4) is 0 Å². The van der Waals surface area contributed by atoms with E-state index < -0.39 is 0 Å². The highest BCUT2D eigenvalue weighted by molar-refractivity contribution is 4.48. The molecule has 1 radical (unpaired) electrons. The van der Waals surface area contributed by atoms with Crippen molar-refractivity contribution in [2.75, 3.05) is 5.84 Å². The van der Waals surface area contributed by atoms with E-state index in [4.69, 9.17) is 5.84 Å². The Morgan fingerprint density at radius 2 is 2.67 bits per heavy atom. The average molecular weight is 83.1 g/mol. The molecule has 2 N–H and O–H groups in total. The van der Waals surface area contributed by atoms with E-state index in [1.54, 1.807) is 0 Å². The fourth-order valence-electron chi connectivity index (χ4n) is 0.192. The molecule has 0 unspecified atom stereocenters. The average Bonchev–Trinajstić information content (AvgIpc) is 1.86. The molecule has 0 atom stereocenters. The SMILES string of the molecule is Nn1[c]ncn1. The maximum Gasteiger partial charge on any atom is 0.219 e. The second-order valence-corrected chi connectivity index (χ2v) is 0.805. The van der Waals surface area contributed by atoms with E-state index in [-0.39, 0.29) is 0 Å². The van der Waals surface area contributed by atoms with Crippen LogP contribution in [0.1, 0.15) is 0 Å². The summed E-state index contributed by atoms with van der Waals surface area (Å²) in [4.78, 5) is 4.44. The zero-order chi connectivity index (χ0) is 4.41. The van der Waals surface area contributed by atoms with E-state index in [1.165, 1.54) is 6.33 Å². The van der Waals surface area contributed by atoms with Crippen molar-refractivity contribution in [3.8, 4) is 0 Å². The van der Waals surface area contributed by atoms with Gasteiger partial charge in [0.1, 0.15) is 6.33 Å². The summed E-state index contributed by atoms with van der Waals surface area (Å²) in [5.74, 6) is 4.97. The number of hydrogen-bond acceptors (Lipinski definition) is 3. The van der Waals surface area contributed by atoms with E-state index in [9.17, 15) is 0 Å². The van der Waals surface area contributed by atoms with Gasteiger partial charge >= 0.3 is 0 Å². The van der Waals surface area contributed by atoms with Crippen molar-refractivity contribution >= 4 is 0 Å². The smallest absolute Gasteiger partial charge is 0.219 e. The molecule has 0 saturated heterocycles. The molecule has 31 valence electrons. The van der Waals surface area contributed by atoms with Crippen molar-refractivity contribution in [1.29, 1.82) is 0 Å². The minimum Gasteiger partial charge on any atom is -0.321 e. The molecule has 0 aliphatic carbocycles. The molecule has 0 aromatic carbocycles. The van der Waals surface area contributed by atoms with Crippen LogP contribution in [-0.4, -0.2) is 14.9 Å². The molecular formula is C2H3N4. The summed E-state index contributed by atoms with van der Waals surface area (Å²) >= 11 is 0. The lowest BCUT2D eigenvalue weighted by molar-refractivity contribution is 0.823. The molecule has 0 aliphatic heterocycles. The van der Waals surface area contributed by atoms with E-state index in [0.29, 0.717) is 0 Å². The topological polar surface area (TPSA) is 56.7 Å². The number of nitrogen functional groups attached to an aromatic ring is 1. The van der Waals surface area contributed by atoms with Crippen LogP contribution in [0.25, 0.3) is 0 Å². The number of rotatable bonds is 0. The van der Waals surface area contributed by atoms with Gasteiger partial charge < -0.3 is 5.84 Å². The van der Waals surface area contributed by atoms with Gasteiger partial charge in [-0.2, -0.15) is 4.79 Å². The molecule has 4 nitrogen and oxygen atoms in total. The molecule has 0 aliphatic rings. The molecule has 1 aromatic heterocycles. The van der Waals surface area contributed by atoms with Gasteiger partial charge in [0.2, 0.25) is 6.33 Å². The molecule has 0 saturated carbocycles. The van der Waals surface area contributed by atoms with E-state index in [0.717, 1.165) is 4.79 Å². The highest BCUT2D eigenvalue weighted by Crippen LogP contribution is 1.58. The Morgan fingerprint density at radius 1 is 1.83 bits per heavy atom. The van der Waals surface area contributed by atoms with Gasteiger partial charge in [0.15, 0.2) is 0 Å². The fraction of sp³-hybridized carbons (Fsp3) is 0. The van der Waals surface area contributed by atoms with Crippen LogP contribution in [0.15, 0.2) is 6.33 Å². The lowest BCUT2D eigenvalue weighted by atomic mass is 11.3. The first-order valence-corrected chi connectivity index (χ1v) is 1.42. The normalized spacial score (nSPS) is 8.67. The second kappa shape index (κ2) is 0.965. The summed E-state index contributed by atoms with van der Waals surface area (Å²) in [5.41, 5.74) is 0. The number of nitrogens with zero attached hydrogens (tertiary/aromatic N) is 3. The van der Waals surface area contributed by atoms with Gasteiger partial charge in [0, 0.05) is 0 Å². The van der Waals surface area contributed by atoms with Gasteiger partial charge in [0.25, 0.3) is 0 Å². The van der Waals surface area contributed by atoms with Gasteiger partial charge in [-0.05, 0) is 0 Å². The van der Waals surface area contributed by atoms with Crippen molar-refractivity contribution < 1.29 is 0 Å². The van der Waals surface area contributed by atoms with Crippen molar-refractivity contribution in [1.82, 2.24) is 14.9 Å². The lowest BCUT2D eigenvalue weighted by Gasteiger charge is -1.74. The van der Waals surface area contributed by atoms with Crippen LogP contribution in [-0.2, 0) is 0 Å². The van der Waals surface area contributed by atoms with Crippen LogP contribution in [0.4, 0.5) is 0 Å². The molecule has 0 bridgehead atoms. The Balaban J connectivity index is 3.05. The standard InChI is InChI=1S/C2H3N4/c3-6-2-4-1-5-6/h1H,3H2. The summed E-state index contributed by atoms with van der Waals surface area (Å²) in [6, 6.07) is 0. The first-order valence-electron chi connectivity index (χ1n) is 1.42. The number of aromatic nitrogens is 3. The summed E-state index contributed by atoms with van der Waals surface area (Å²) in [7, 11) is 0. The van der Waals surface area contributed by atoms with Gasteiger partial charge in [-0.15, -0.1) is 5.10 Å². The molecule has 0 amide bonds. The second-order valence-electron chi connectivity index (χ2n) is 0.805. The first-order chi connectivity index (χ1) is 2.89. The molecular weight excluding hydrogens is 80.0 g/mol. The van der Waals surface area contributed by atoms with Gasteiger partial charge in [-0.1, -0.05) is 0 Å². The summed E-state index contributed by atoms with van der Waals surface area (Å²) in [5, 5.41) is 3.44. The van der Waals surface area contributed by atoms with Crippen molar-refractivity contribution in [3.63, 3.8) is 0 Å². The molecule has 1 rings (SSSR count). The molecule has 0 spiro atoms. The summed E-state index contributed by atoms with van der Waals surface area (Å²) < 4.78 is 0. The number of nitrogens with two attached hydrogens (primary N) is 1. The van der Waals surface area contributed by atoms with E-state index >= 15 is 0 Å². The summed E-state index contributed by atoms with van der Waals surface area (Å²) in [6.07, 6.45) is 3.65. The van der Waals surface area contributed by atoms with Crippen LogP contribution < -0.4 is 5.84 Å². The maximum atomic E-state index is 4.97. The minimum absolute atomic E-state index is 1.01. The zero-order valence-corrected chi connectivity index (χ0v) is 3.00. The fourth-order valence-corrected chi connectivity index (χ4v) is 0.192. The maximum absolute atomic E-state index is 4.97. The van der Waals surface area contributed by atoms with E-state index in [1.807, 2.05) is 0 Å². The molecule has 0 fully saturated rings. The van der Waals surface area contributed by atoms with Gasteiger partial charge in [0.05, 0.1) is 0 Å². The predicted octanol–water partition coefficient (Wildman–Crippen LogP) is -1.21. The van der Waals surface area contributed by atoms with Crippen LogP contribution in [0.5, 0.6) is 0 Å². The Labute approximate surface area is 34.6 Å². The minimum atomic E-state index is 1.01. The van der Waals surface area contributed by atoms with Gasteiger partial charge in [-0.3, -0.25) is 0 Å². The largest absolute Gasteiger partial charge is 0.321 e. The van der Waals surface area contributed by atoms with Crippen molar-refractivity contribution in [2.24, 2.45) is 0 Å². The zero-order valence-electron chi connectivity index (χ0n) is 3.00. The Kier molecular flexibility index (Phi) is 0.506. The quantitative estimate of drug-likeness (QED) is 0.400. The highest BCUT2D eigenvalue weighted by atomic mass is 15.5. The predicted molar refractivity (Wildman–Crippen MR) is 19.0 cm³/mol. The van der Waals surface area contributed by atoms with Crippen LogP contribution in [0.2, 0.25) is 0 Å². The molecule has 1 heterocycles. The lowest BCUT2D eigenvalue weighted by Crippen LogP contribution is -2.07. The Hall–Kier alpha value is -1.06. The Morgan fingerprint density at radius 3 is 2.83 bits per heavy atom. The Bertz CT molecular complexity index is 109. The first kappa shape index (κ1) is 3.14. The van der Waals surface area contributed by atoms with Gasteiger partial charge in [-0.25, -0.2) is 4.98 Å². The van der Waals surface area contributed by atoms with Crippen molar-refractivity contribution in [2.45, 2.75) is 0 Å². The number of hydrogen-bond donors (Lipinski definition) is 1. The van der Waals surface area contributed by atoms with Crippen LogP contribution in [0, 0.1) is 6.33 Å². The molecule has 4 heteroatoms.